The lowest BCUT2D eigenvalue weighted by atomic mass is 9.90. The zero-order valence-electron chi connectivity index (χ0n) is 10.6. The van der Waals surface area contributed by atoms with E-state index in [4.69, 9.17) is 0 Å². The van der Waals surface area contributed by atoms with E-state index in [1.807, 2.05) is 18.3 Å². The number of hydrogen-bond acceptors (Lipinski definition) is 3. The lowest BCUT2D eigenvalue weighted by molar-refractivity contribution is -0.147. The number of carboxylic acid groups (broad SMARTS) is 1. The maximum Gasteiger partial charge on any atom is 0.310 e. The van der Waals surface area contributed by atoms with Crippen LogP contribution in [0.1, 0.15) is 28.7 Å². The summed E-state index contributed by atoms with van der Waals surface area (Å²) in [4.78, 5) is 16.1. The summed E-state index contributed by atoms with van der Waals surface area (Å²) in [6, 6.07) is 2.22. The number of hydrogen-bond donors (Lipinski definition) is 1. The lowest BCUT2D eigenvalue weighted by Crippen LogP contribution is -2.31. The minimum atomic E-state index is -0.668. The Kier molecular flexibility index (Phi) is 3.27. The van der Waals surface area contributed by atoms with E-state index in [0.29, 0.717) is 6.54 Å². The van der Waals surface area contributed by atoms with Gasteiger partial charge in [0, 0.05) is 22.8 Å². The normalized spacial score (nSPS) is 25.4. The van der Waals surface area contributed by atoms with Crippen molar-refractivity contribution in [2.24, 2.45) is 5.41 Å². The van der Waals surface area contributed by atoms with Crippen LogP contribution in [0.25, 0.3) is 0 Å². The van der Waals surface area contributed by atoms with Crippen molar-refractivity contribution in [1.29, 1.82) is 0 Å². The monoisotopic (exact) mass is 253 g/mol. The van der Waals surface area contributed by atoms with Crippen LogP contribution in [0.4, 0.5) is 0 Å². The third kappa shape index (κ3) is 2.53. The van der Waals surface area contributed by atoms with E-state index >= 15 is 0 Å². The highest BCUT2D eigenvalue weighted by Crippen LogP contribution is 2.32. The van der Waals surface area contributed by atoms with Crippen molar-refractivity contribution >= 4 is 17.3 Å². The van der Waals surface area contributed by atoms with Crippen LogP contribution in [-0.2, 0) is 11.3 Å². The largest absolute Gasteiger partial charge is 0.481 e. The van der Waals surface area contributed by atoms with E-state index in [0.717, 1.165) is 19.5 Å². The highest BCUT2D eigenvalue weighted by Gasteiger charge is 2.40. The summed E-state index contributed by atoms with van der Waals surface area (Å²) in [5, 5.41) is 9.19. The van der Waals surface area contributed by atoms with Crippen LogP contribution in [0.5, 0.6) is 0 Å². The summed E-state index contributed by atoms with van der Waals surface area (Å²) in [5.41, 5.74) is 0.793. The zero-order valence-corrected chi connectivity index (χ0v) is 11.4. The van der Waals surface area contributed by atoms with Gasteiger partial charge >= 0.3 is 5.97 Å². The number of carbonyl (C=O) groups is 1. The van der Waals surface area contributed by atoms with Crippen LogP contribution >= 0.6 is 11.3 Å². The van der Waals surface area contributed by atoms with Gasteiger partial charge in [-0.1, -0.05) is 0 Å². The van der Waals surface area contributed by atoms with E-state index in [-0.39, 0.29) is 0 Å². The second-order valence-corrected chi connectivity index (χ2v) is 6.73. The molecule has 0 amide bonds. The van der Waals surface area contributed by atoms with Gasteiger partial charge < -0.3 is 5.11 Å². The summed E-state index contributed by atoms with van der Waals surface area (Å²) in [6.07, 6.45) is 0.754. The predicted molar refractivity (Wildman–Crippen MR) is 69.4 cm³/mol. The summed E-state index contributed by atoms with van der Waals surface area (Å²) >= 11 is 1.82. The minimum absolute atomic E-state index is 0.557. The Morgan fingerprint density at radius 2 is 2.29 bits per heavy atom. The van der Waals surface area contributed by atoms with Crippen molar-refractivity contribution in [2.75, 3.05) is 13.1 Å². The predicted octanol–water partition coefficient (Wildman–Crippen LogP) is 2.66. The fourth-order valence-corrected chi connectivity index (χ4v) is 3.39. The quantitative estimate of drug-likeness (QED) is 0.900. The molecule has 94 valence electrons. The second-order valence-electron chi connectivity index (χ2n) is 5.26. The molecule has 4 heteroatoms. The minimum Gasteiger partial charge on any atom is -0.481 e. The zero-order chi connectivity index (χ0) is 12.6. The Bertz CT molecular complexity index is 441. The first-order valence-electron chi connectivity index (χ1n) is 5.92. The molecule has 0 bridgehead atoms. The van der Waals surface area contributed by atoms with Crippen molar-refractivity contribution in [1.82, 2.24) is 4.90 Å². The van der Waals surface area contributed by atoms with Crippen LogP contribution in [0.15, 0.2) is 6.07 Å². The van der Waals surface area contributed by atoms with Gasteiger partial charge in [-0.2, -0.15) is 0 Å². The molecule has 1 aliphatic heterocycles. The van der Waals surface area contributed by atoms with E-state index in [1.54, 1.807) is 0 Å². The van der Waals surface area contributed by atoms with Gasteiger partial charge in [-0.15, -0.1) is 11.3 Å². The van der Waals surface area contributed by atoms with Crippen LogP contribution < -0.4 is 0 Å². The number of nitrogens with zero attached hydrogens (tertiary/aromatic N) is 1. The molecule has 0 aromatic carbocycles. The van der Waals surface area contributed by atoms with Crippen molar-refractivity contribution in [3.05, 3.63) is 21.4 Å². The van der Waals surface area contributed by atoms with E-state index in [2.05, 4.69) is 24.8 Å². The highest BCUT2D eigenvalue weighted by atomic mass is 32.1. The number of thiophene rings is 1. The smallest absolute Gasteiger partial charge is 0.310 e. The Morgan fingerprint density at radius 1 is 1.59 bits per heavy atom. The molecule has 1 atom stereocenters. The second kappa shape index (κ2) is 4.42. The number of aliphatic carboxylic acids is 1. The topological polar surface area (TPSA) is 40.5 Å². The first kappa shape index (κ1) is 12.6. The average Bonchev–Trinajstić information content (AvgIpc) is 2.73. The van der Waals surface area contributed by atoms with Gasteiger partial charge in [0.25, 0.3) is 0 Å². The molecular weight excluding hydrogens is 234 g/mol. The average molecular weight is 253 g/mol. The van der Waals surface area contributed by atoms with Gasteiger partial charge in [-0.05, 0) is 45.4 Å². The maximum absolute atomic E-state index is 11.2. The van der Waals surface area contributed by atoms with Crippen molar-refractivity contribution in [3.8, 4) is 0 Å². The van der Waals surface area contributed by atoms with Crippen LogP contribution in [0, 0.1) is 19.3 Å². The molecule has 1 N–H and O–H groups in total. The van der Waals surface area contributed by atoms with E-state index < -0.39 is 11.4 Å². The Morgan fingerprint density at radius 3 is 2.76 bits per heavy atom. The Balaban J connectivity index is 2.03. The summed E-state index contributed by atoms with van der Waals surface area (Å²) in [7, 11) is 0. The molecule has 1 saturated heterocycles. The van der Waals surface area contributed by atoms with E-state index in [1.165, 1.54) is 15.3 Å². The first-order valence-corrected chi connectivity index (χ1v) is 6.74. The molecule has 0 aliphatic carbocycles. The molecule has 17 heavy (non-hydrogen) atoms. The van der Waals surface area contributed by atoms with Crippen molar-refractivity contribution in [3.63, 3.8) is 0 Å². The third-order valence-electron chi connectivity index (χ3n) is 3.61. The van der Waals surface area contributed by atoms with Crippen molar-refractivity contribution in [2.45, 2.75) is 33.7 Å². The summed E-state index contributed by atoms with van der Waals surface area (Å²) in [5.74, 6) is -0.668. The molecular formula is C13H19NO2S. The molecule has 2 rings (SSSR count). The molecule has 2 heterocycles. The summed E-state index contributed by atoms with van der Waals surface area (Å²) < 4.78 is 0. The molecule has 1 fully saturated rings. The van der Waals surface area contributed by atoms with Gasteiger partial charge in [-0.25, -0.2) is 0 Å². The number of carboxylic acids is 1. The first-order chi connectivity index (χ1) is 7.90. The third-order valence-corrected chi connectivity index (χ3v) is 4.61. The molecule has 1 aliphatic rings. The number of rotatable bonds is 3. The van der Waals surface area contributed by atoms with Crippen LogP contribution in [-0.4, -0.2) is 29.1 Å². The van der Waals surface area contributed by atoms with Gasteiger partial charge in [0.15, 0.2) is 0 Å². The lowest BCUT2D eigenvalue weighted by Gasteiger charge is -2.19. The standard InChI is InChI=1S/C13H19NO2S/c1-9-6-11(10(2)17-9)7-14-5-4-13(3,8-14)12(15)16/h6H,4-5,7-8H2,1-3H3,(H,15,16). The maximum atomic E-state index is 11.2. The molecule has 0 radical (unpaired) electrons. The molecule has 1 aromatic rings. The van der Waals surface area contributed by atoms with Gasteiger partial charge in [0.05, 0.1) is 5.41 Å². The molecule has 3 nitrogen and oxygen atoms in total. The fourth-order valence-electron chi connectivity index (χ4n) is 2.45. The Labute approximate surface area is 106 Å². The Hall–Kier alpha value is -0.870. The summed E-state index contributed by atoms with van der Waals surface area (Å²) in [6.45, 7) is 8.54. The van der Waals surface area contributed by atoms with Gasteiger partial charge in [0.1, 0.15) is 0 Å². The van der Waals surface area contributed by atoms with Crippen molar-refractivity contribution < 1.29 is 9.90 Å². The van der Waals surface area contributed by atoms with Gasteiger partial charge in [0.2, 0.25) is 0 Å². The molecule has 1 unspecified atom stereocenters. The van der Waals surface area contributed by atoms with E-state index in [9.17, 15) is 9.90 Å². The van der Waals surface area contributed by atoms with Gasteiger partial charge in [-0.3, -0.25) is 9.69 Å². The van der Waals surface area contributed by atoms with Crippen LogP contribution in [0.3, 0.4) is 0 Å². The van der Waals surface area contributed by atoms with Crippen LogP contribution in [0.2, 0.25) is 0 Å². The molecule has 0 saturated carbocycles. The number of likely N-dealkylation sites (tertiary alicyclic amines) is 1. The molecule has 1 aromatic heterocycles. The highest BCUT2D eigenvalue weighted by molar-refractivity contribution is 7.12. The number of aryl methyl sites for hydroxylation is 2. The molecule has 0 spiro atoms. The fraction of sp³-hybridized carbons (Fsp3) is 0.615. The SMILES string of the molecule is Cc1cc(CN2CCC(C)(C(=O)O)C2)c(C)s1.